The minimum absolute atomic E-state index is 0. The third kappa shape index (κ3) is 7.72. The van der Waals surface area contributed by atoms with Crippen LogP contribution in [0.25, 0.3) is 0 Å². The van der Waals surface area contributed by atoms with Crippen LogP contribution in [0.3, 0.4) is 0 Å². The molecule has 1 saturated heterocycles. The zero-order valence-electron chi connectivity index (χ0n) is 15.5. The van der Waals surface area contributed by atoms with Gasteiger partial charge in [0.15, 0.2) is 5.96 Å². The number of amides is 1. The molecular formula is C17H35IN4O. The summed E-state index contributed by atoms with van der Waals surface area (Å²) in [4.78, 5) is 20.3. The van der Waals surface area contributed by atoms with E-state index in [1.54, 1.807) is 19.0 Å². The first-order valence-electron chi connectivity index (χ1n) is 8.65. The number of hydrogen-bond acceptors (Lipinski definition) is 2. The highest BCUT2D eigenvalue weighted by Gasteiger charge is 2.31. The maximum atomic E-state index is 11.7. The largest absolute Gasteiger partial charge is 0.357 e. The second kappa shape index (κ2) is 11.1. The topological polar surface area (TPSA) is 47.9 Å². The Kier molecular flexibility index (Phi) is 10.8. The Morgan fingerprint density at radius 3 is 2.61 bits per heavy atom. The van der Waals surface area contributed by atoms with E-state index in [-0.39, 0.29) is 29.9 Å². The number of rotatable bonds is 6. The Labute approximate surface area is 159 Å². The lowest BCUT2D eigenvalue weighted by Gasteiger charge is -2.42. The summed E-state index contributed by atoms with van der Waals surface area (Å²) in [5, 5.41) is 3.39. The molecule has 0 aliphatic carbocycles. The number of carbonyl (C=O) groups excluding carboxylic acids is 1. The summed E-state index contributed by atoms with van der Waals surface area (Å²) in [5.74, 6) is 1.10. The molecule has 1 aliphatic heterocycles. The van der Waals surface area contributed by atoms with Crippen molar-refractivity contribution in [1.29, 1.82) is 0 Å². The summed E-state index contributed by atoms with van der Waals surface area (Å²) in [7, 11) is 3.58. The van der Waals surface area contributed by atoms with E-state index in [0.717, 1.165) is 25.6 Å². The molecule has 5 nitrogen and oxygen atoms in total. The number of aliphatic imine (C=N–C) groups is 1. The van der Waals surface area contributed by atoms with Crippen LogP contribution < -0.4 is 5.32 Å². The number of halogens is 1. The number of carbonyl (C=O) groups is 1. The van der Waals surface area contributed by atoms with Gasteiger partial charge in [-0.1, -0.05) is 20.3 Å². The lowest BCUT2D eigenvalue weighted by Crippen LogP contribution is -2.49. The van der Waals surface area contributed by atoms with Gasteiger partial charge in [-0.15, -0.1) is 24.0 Å². The van der Waals surface area contributed by atoms with Gasteiger partial charge in [0.25, 0.3) is 0 Å². The molecule has 1 fully saturated rings. The van der Waals surface area contributed by atoms with Crippen molar-refractivity contribution in [3.05, 3.63) is 0 Å². The molecule has 0 aromatic rings. The average Bonchev–Trinajstić information content (AvgIpc) is 2.46. The Bertz CT molecular complexity index is 383. The highest BCUT2D eigenvalue weighted by Crippen LogP contribution is 2.33. The van der Waals surface area contributed by atoms with Crippen molar-refractivity contribution in [1.82, 2.24) is 15.1 Å². The second-order valence-corrected chi connectivity index (χ2v) is 6.86. The number of piperidine rings is 1. The van der Waals surface area contributed by atoms with E-state index in [1.165, 1.54) is 25.7 Å². The molecule has 0 radical (unpaired) electrons. The van der Waals surface area contributed by atoms with Gasteiger partial charge in [0.2, 0.25) is 5.91 Å². The summed E-state index contributed by atoms with van der Waals surface area (Å²) >= 11 is 0. The molecule has 0 aromatic carbocycles. The Morgan fingerprint density at radius 1 is 1.35 bits per heavy atom. The van der Waals surface area contributed by atoms with Gasteiger partial charge in [-0.3, -0.25) is 9.79 Å². The van der Waals surface area contributed by atoms with Crippen LogP contribution in [-0.2, 0) is 4.79 Å². The average molecular weight is 438 g/mol. The minimum atomic E-state index is 0. The fourth-order valence-electron chi connectivity index (χ4n) is 3.21. The molecule has 0 spiro atoms. The van der Waals surface area contributed by atoms with E-state index in [4.69, 9.17) is 0 Å². The molecule has 1 atom stereocenters. The van der Waals surface area contributed by atoms with Gasteiger partial charge in [0.05, 0.1) is 6.54 Å². The van der Waals surface area contributed by atoms with Crippen LogP contribution in [0.1, 0.15) is 52.9 Å². The van der Waals surface area contributed by atoms with E-state index in [2.05, 4.69) is 36.0 Å². The second-order valence-electron chi connectivity index (χ2n) is 6.86. The van der Waals surface area contributed by atoms with Crippen LogP contribution in [0.5, 0.6) is 0 Å². The number of hydrogen-bond donors (Lipinski definition) is 1. The Morgan fingerprint density at radius 2 is 2.04 bits per heavy atom. The molecule has 1 N–H and O–H groups in total. The van der Waals surface area contributed by atoms with Crippen molar-refractivity contribution in [2.45, 2.75) is 52.9 Å². The summed E-state index contributed by atoms with van der Waals surface area (Å²) < 4.78 is 0. The van der Waals surface area contributed by atoms with Crippen LogP contribution in [0.15, 0.2) is 4.99 Å². The van der Waals surface area contributed by atoms with Crippen LogP contribution in [0, 0.1) is 5.41 Å². The predicted octanol–water partition coefficient (Wildman–Crippen LogP) is 2.95. The highest BCUT2D eigenvalue weighted by molar-refractivity contribution is 14.0. The van der Waals surface area contributed by atoms with E-state index in [9.17, 15) is 4.79 Å². The number of likely N-dealkylation sites (tertiary alicyclic amines) is 1. The van der Waals surface area contributed by atoms with Gasteiger partial charge < -0.3 is 15.1 Å². The van der Waals surface area contributed by atoms with Crippen LogP contribution in [-0.4, -0.2) is 61.9 Å². The molecule has 1 aliphatic rings. The molecule has 1 amide bonds. The van der Waals surface area contributed by atoms with Crippen LogP contribution in [0.4, 0.5) is 0 Å². The van der Waals surface area contributed by atoms with Gasteiger partial charge in [-0.25, -0.2) is 0 Å². The van der Waals surface area contributed by atoms with Crippen molar-refractivity contribution in [3.8, 4) is 0 Å². The molecule has 6 heteroatoms. The third-order valence-corrected chi connectivity index (χ3v) is 4.35. The zero-order valence-corrected chi connectivity index (χ0v) is 17.9. The first-order valence-corrected chi connectivity index (χ1v) is 8.65. The molecule has 0 bridgehead atoms. The molecular weight excluding hydrogens is 403 g/mol. The summed E-state index contributed by atoms with van der Waals surface area (Å²) in [5.41, 5.74) is 0.392. The first kappa shape index (κ1) is 22.5. The lowest BCUT2D eigenvalue weighted by molar-refractivity contribution is -0.128. The smallest absolute Gasteiger partial charge is 0.223 e. The molecule has 1 heterocycles. The van der Waals surface area contributed by atoms with Crippen LogP contribution >= 0.6 is 24.0 Å². The molecule has 23 heavy (non-hydrogen) atoms. The molecule has 1 rings (SSSR count). The minimum Gasteiger partial charge on any atom is -0.357 e. The third-order valence-electron chi connectivity index (χ3n) is 4.35. The summed E-state index contributed by atoms with van der Waals surface area (Å²) in [6, 6.07) is 0. The standard InChI is InChI=1S/C17H34N4O.HI/c1-6-10-17(3)11-8-13-21(14-17)16(18-7-2)19-12-9-15(22)20(4)5;/h6-14H2,1-5H3,(H,18,19);1H. The van der Waals surface area contributed by atoms with Crippen molar-refractivity contribution in [2.75, 3.05) is 40.3 Å². The molecule has 0 saturated carbocycles. The number of guanidine groups is 1. The van der Waals surface area contributed by atoms with Gasteiger partial charge >= 0.3 is 0 Å². The Hall–Kier alpha value is -0.530. The van der Waals surface area contributed by atoms with Gasteiger partial charge in [0, 0.05) is 40.2 Å². The maximum absolute atomic E-state index is 11.7. The maximum Gasteiger partial charge on any atom is 0.223 e. The highest BCUT2D eigenvalue weighted by atomic mass is 127. The first-order chi connectivity index (χ1) is 10.4. The Balaban J connectivity index is 0.00000484. The summed E-state index contributed by atoms with van der Waals surface area (Å²) in [6.07, 6.45) is 5.49. The molecule has 1 unspecified atom stereocenters. The SMILES string of the molecule is CCCC1(C)CCCN(C(=NCCC(=O)N(C)C)NCC)C1.I. The predicted molar refractivity (Wildman–Crippen MR) is 109 cm³/mol. The van der Waals surface area contributed by atoms with E-state index in [0.29, 0.717) is 18.4 Å². The van der Waals surface area contributed by atoms with Crippen molar-refractivity contribution in [2.24, 2.45) is 10.4 Å². The molecule has 136 valence electrons. The monoisotopic (exact) mass is 438 g/mol. The van der Waals surface area contributed by atoms with Crippen molar-refractivity contribution >= 4 is 35.8 Å². The van der Waals surface area contributed by atoms with E-state index in [1.807, 2.05) is 0 Å². The molecule has 0 aromatic heterocycles. The fourth-order valence-corrected chi connectivity index (χ4v) is 3.21. The number of nitrogens with one attached hydrogen (secondary N) is 1. The fraction of sp³-hybridized carbons (Fsp3) is 0.882. The van der Waals surface area contributed by atoms with Gasteiger partial charge in [-0.05, 0) is 31.6 Å². The lowest BCUT2D eigenvalue weighted by atomic mass is 9.78. The van der Waals surface area contributed by atoms with Crippen molar-refractivity contribution < 1.29 is 4.79 Å². The van der Waals surface area contributed by atoms with Crippen LogP contribution in [0.2, 0.25) is 0 Å². The number of nitrogens with zero attached hydrogens (tertiary/aromatic N) is 3. The van der Waals surface area contributed by atoms with Gasteiger partial charge in [0.1, 0.15) is 0 Å². The zero-order chi connectivity index (χ0) is 16.6. The quantitative estimate of drug-likeness (QED) is 0.394. The van der Waals surface area contributed by atoms with E-state index < -0.39 is 0 Å². The summed E-state index contributed by atoms with van der Waals surface area (Å²) in [6.45, 7) is 10.3. The van der Waals surface area contributed by atoms with Gasteiger partial charge in [-0.2, -0.15) is 0 Å². The normalized spacial score (nSPS) is 21.6. The van der Waals surface area contributed by atoms with E-state index >= 15 is 0 Å². The van der Waals surface area contributed by atoms with Crippen molar-refractivity contribution in [3.63, 3.8) is 0 Å².